The summed E-state index contributed by atoms with van der Waals surface area (Å²) in [5, 5.41) is 32.4. The minimum absolute atomic E-state index is 0.00689. The molecule has 4 rings (SSSR count). The number of aromatic hydroxyl groups is 2. The number of ether oxygens (including phenoxy) is 2. The first kappa shape index (κ1) is 25.9. The van der Waals surface area contributed by atoms with Crippen molar-refractivity contribution in [2.45, 2.75) is 26.8 Å². The molecule has 1 unspecified atom stereocenters. The lowest BCUT2D eigenvalue weighted by atomic mass is 9.94. The summed E-state index contributed by atoms with van der Waals surface area (Å²) < 4.78 is 11.1. The summed E-state index contributed by atoms with van der Waals surface area (Å²) in [7, 11) is 0. The zero-order valence-electron chi connectivity index (χ0n) is 20.5. The van der Waals surface area contributed by atoms with Gasteiger partial charge in [-0.2, -0.15) is 0 Å². The minimum atomic E-state index is -1.16. The third-order valence-electron chi connectivity index (χ3n) is 5.99. The Morgan fingerprint density at radius 1 is 0.919 bits per heavy atom. The summed E-state index contributed by atoms with van der Waals surface area (Å²) in [4.78, 5) is 27.8. The van der Waals surface area contributed by atoms with Crippen LogP contribution < -0.4 is 14.4 Å². The zero-order valence-corrected chi connectivity index (χ0v) is 21.2. The van der Waals surface area contributed by atoms with E-state index in [0.29, 0.717) is 23.5 Å². The molecular formula is C28H26ClNO7. The third-order valence-corrected chi connectivity index (χ3v) is 6.22. The molecule has 9 heteroatoms. The standard InChI is InChI=1S/C28H26ClNO7/c1-4-36-22-11-7-17(12-15(22)3)26(33)24-25(16-6-9-21(32)23(13-16)37-5-2)30(28(35)27(24)34)19-14-18(29)8-10-20(19)31/h6-14,25,31-33H,4-5H2,1-3H3/b26-24+. The molecule has 3 aromatic rings. The van der Waals surface area contributed by atoms with E-state index in [1.165, 1.54) is 36.4 Å². The molecule has 0 aromatic heterocycles. The number of benzene rings is 3. The molecule has 192 valence electrons. The van der Waals surface area contributed by atoms with Crippen molar-refractivity contribution < 1.29 is 34.4 Å². The number of aryl methyl sites for hydroxylation is 1. The number of Topliss-reactive ketones (excluding diaryl/α,β-unsaturated/α-hetero) is 1. The molecule has 1 aliphatic heterocycles. The molecule has 0 spiro atoms. The average Bonchev–Trinajstić information content (AvgIpc) is 3.13. The highest BCUT2D eigenvalue weighted by atomic mass is 35.5. The molecule has 1 amide bonds. The molecule has 0 radical (unpaired) electrons. The number of aliphatic hydroxyl groups excluding tert-OH is 1. The van der Waals surface area contributed by atoms with Crippen LogP contribution in [-0.4, -0.2) is 40.2 Å². The van der Waals surface area contributed by atoms with Crippen LogP contribution in [0.5, 0.6) is 23.0 Å². The fourth-order valence-electron chi connectivity index (χ4n) is 4.33. The fraction of sp³-hybridized carbons (Fsp3) is 0.214. The monoisotopic (exact) mass is 523 g/mol. The van der Waals surface area contributed by atoms with Crippen LogP contribution in [0.1, 0.15) is 36.6 Å². The fourth-order valence-corrected chi connectivity index (χ4v) is 4.49. The lowest BCUT2D eigenvalue weighted by Crippen LogP contribution is -2.29. The lowest BCUT2D eigenvalue weighted by molar-refractivity contribution is -0.132. The molecule has 3 N–H and O–H groups in total. The number of hydrogen-bond acceptors (Lipinski definition) is 7. The smallest absolute Gasteiger partial charge is 0.300 e. The van der Waals surface area contributed by atoms with Crippen LogP contribution in [0.25, 0.3) is 5.76 Å². The van der Waals surface area contributed by atoms with Crippen LogP contribution in [0.15, 0.2) is 60.2 Å². The molecule has 8 nitrogen and oxygen atoms in total. The van der Waals surface area contributed by atoms with Gasteiger partial charge in [0, 0.05) is 10.6 Å². The Labute approximate surface area is 218 Å². The van der Waals surface area contributed by atoms with Crippen molar-refractivity contribution in [2.24, 2.45) is 0 Å². The largest absolute Gasteiger partial charge is 0.507 e. The second-order valence-corrected chi connectivity index (χ2v) is 8.81. The van der Waals surface area contributed by atoms with Gasteiger partial charge in [-0.05, 0) is 80.4 Å². The van der Waals surface area contributed by atoms with Crippen LogP contribution in [0.2, 0.25) is 5.02 Å². The predicted molar refractivity (Wildman–Crippen MR) is 140 cm³/mol. The summed E-state index contributed by atoms with van der Waals surface area (Å²) >= 11 is 6.15. The Kier molecular flexibility index (Phi) is 7.31. The lowest BCUT2D eigenvalue weighted by Gasteiger charge is -2.26. The van der Waals surface area contributed by atoms with Gasteiger partial charge >= 0.3 is 0 Å². The molecule has 37 heavy (non-hydrogen) atoms. The molecular weight excluding hydrogens is 498 g/mol. The van der Waals surface area contributed by atoms with Crippen LogP contribution in [0.3, 0.4) is 0 Å². The van der Waals surface area contributed by atoms with Crippen LogP contribution >= 0.6 is 11.6 Å². The van der Waals surface area contributed by atoms with Crippen molar-refractivity contribution in [2.75, 3.05) is 18.1 Å². The van der Waals surface area contributed by atoms with Crippen molar-refractivity contribution in [3.05, 3.63) is 81.9 Å². The van der Waals surface area contributed by atoms with E-state index in [1.807, 2.05) is 6.92 Å². The number of hydrogen-bond donors (Lipinski definition) is 3. The van der Waals surface area contributed by atoms with Crippen molar-refractivity contribution in [1.29, 1.82) is 0 Å². The molecule has 1 atom stereocenters. The third kappa shape index (κ3) is 4.80. The molecule has 0 aliphatic carbocycles. The maximum Gasteiger partial charge on any atom is 0.300 e. The summed E-state index contributed by atoms with van der Waals surface area (Å²) in [6.45, 7) is 6.13. The number of halogens is 1. The Morgan fingerprint density at radius 3 is 2.27 bits per heavy atom. The van der Waals surface area contributed by atoms with E-state index in [9.17, 15) is 24.9 Å². The zero-order chi connectivity index (χ0) is 26.9. The van der Waals surface area contributed by atoms with E-state index in [4.69, 9.17) is 21.1 Å². The van der Waals surface area contributed by atoms with Gasteiger partial charge in [0.05, 0.1) is 30.5 Å². The van der Waals surface area contributed by atoms with Crippen LogP contribution in [0, 0.1) is 6.92 Å². The number of amides is 1. The SMILES string of the molecule is CCOc1ccc(/C(O)=C2\C(=O)C(=O)N(c3cc(Cl)ccc3O)C2c2ccc(O)c(OCC)c2)cc1C. The number of carbonyl (C=O) groups excluding carboxylic acids is 2. The van der Waals surface area contributed by atoms with E-state index in [2.05, 4.69) is 0 Å². The average molecular weight is 524 g/mol. The van der Waals surface area contributed by atoms with E-state index in [0.717, 1.165) is 10.5 Å². The quantitative estimate of drug-likeness (QED) is 0.213. The van der Waals surface area contributed by atoms with Crippen molar-refractivity contribution >= 4 is 34.7 Å². The van der Waals surface area contributed by atoms with E-state index < -0.39 is 23.5 Å². The van der Waals surface area contributed by atoms with Gasteiger partial charge in [-0.1, -0.05) is 17.7 Å². The van der Waals surface area contributed by atoms with Crippen molar-refractivity contribution in [3.63, 3.8) is 0 Å². The van der Waals surface area contributed by atoms with Crippen molar-refractivity contribution in [1.82, 2.24) is 0 Å². The molecule has 1 aliphatic rings. The normalized spacial score (nSPS) is 16.8. The Morgan fingerprint density at radius 2 is 1.59 bits per heavy atom. The van der Waals surface area contributed by atoms with Gasteiger partial charge in [0.1, 0.15) is 17.3 Å². The van der Waals surface area contributed by atoms with Gasteiger partial charge in [0.15, 0.2) is 11.5 Å². The maximum atomic E-state index is 13.4. The number of rotatable bonds is 7. The number of aliphatic hydroxyl groups is 1. The molecule has 1 fully saturated rings. The van der Waals surface area contributed by atoms with Gasteiger partial charge in [0.2, 0.25) is 0 Å². The van der Waals surface area contributed by atoms with E-state index >= 15 is 0 Å². The second kappa shape index (κ2) is 10.4. The molecule has 1 saturated heterocycles. The van der Waals surface area contributed by atoms with Gasteiger partial charge < -0.3 is 24.8 Å². The van der Waals surface area contributed by atoms with Gasteiger partial charge in [-0.25, -0.2) is 0 Å². The first-order valence-electron chi connectivity index (χ1n) is 11.7. The highest BCUT2D eigenvalue weighted by molar-refractivity contribution is 6.52. The highest BCUT2D eigenvalue weighted by Crippen LogP contribution is 2.46. The number of nitrogens with zero attached hydrogens (tertiary/aromatic N) is 1. The molecule has 1 heterocycles. The summed E-state index contributed by atoms with van der Waals surface area (Å²) in [5.74, 6) is -1.95. The maximum absolute atomic E-state index is 13.4. The van der Waals surface area contributed by atoms with Gasteiger partial charge in [0.25, 0.3) is 11.7 Å². The Bertz CT molecular complexity index is 1420. The number of anilines is 1. The number of phenolic OH excluding ortho intramolecular Hbond substituents is 2. The van der Waals surface area contributed by atoms with Crippen LogP contribution in [-0.2, 0) is 9.59 Å². The van der Waals surface area contributed by atoms with Crippen LogP contribution in [0.4, 0.5) is 5.69 Å². The summed E-state index contributed by atoms with van der Waals surface area (Å²) in [6, 6.07) is 12.3. The number of carbonyl (C=O) groups is 2. The predicted octanol–water partition coefficient (Wildman–Crippen LogP) is 5.48. The Balaban J connectivity index is 1.97. The first-order valence-corrected chi connectivity index (χ1v) is 12.0. The topological polar surface area (TPSA) is 117 Å². The molecule has 3 aromatic carbocycles. The first-order chi connectivity index (χ1) is 17.7. The summed E-state index contributed by atoms with van der Waals surface area (Å²) in [5.41, 5.74) is 1.20. The molecule has 0 saturated carbocycles. The molecule has 0 bridgehead atoms. The Hall–Kier alpha value is -4.17. The van der Waals surface area contributed by atoms with Gasteiger partial charge in [-0.15, -0.1) is 0 Å². The minimum Gasteiger partial charge on any atom is -0.507 e. The highest BCUT2D eigenvalue weighted by Gasteiger charge is 2.48. The summed E-state index contributed by atoms with van der Waals surface area (Å²) in [6.07, 6.45) is 0. The van der Waals surface area contributed by atoms with Crippen molar-refractivity contribution in [3.8, 4) is 23.0 Å². The second-order valence-electron chi connectivity index (χ2n) is 8.38. The van der Waals surface area contributed by atoms with E-state index in [1.54, 1.807) is 32.0 Å². The number of phenols is 2. The van der Waals surface area contributed by atoms with Gasteiger partial charge in [-0.3, -0.25) is 14.5 Å². The van der Waals surface area contributed by atoms with E-state index in [-0.39, 0.29) is 40.1 Å². The number of ketones is 1.